The molecule has 0 aliphatic heterocycles. The van der Waals surface area contributed by atoms with Crippen molar-refractivity contribution in [2.45, 2.75) is 6.04 Å². The van der Waals surface area contributed by atoms with Gasteiger partial charge in [0.25, 0.3) is 5.91 Å². The summed E-state index contributed by atoms with van der Waals surface area (Å²) in [5.41, 5.74) is 0.750. The van der Waals surface area contributed by atoms with Crippen LogP contribution in [0.1, 0.15) is 32.3 Å². The first kappa shape index (κ1) is 14.7. The van der Waals surface area contributed by atoms with Gasteiger partial charge in [-0.05, 0) is 17.7 Å². The quantitative estimate of drug-likeness (QED) is 0.782. The van der Waals surface area contributed by atoms with Crippen molar-refractivity contribution < 1.29 is 19.8 Å². The van der Waals surface area contributed by atoms with Crippen LogP contribution in [0, 0.1) is 0 Å². The molecule has 2 aromatic carbocycles. The zero-order valence-electron chi connectivity index (χ0n) is 11.2. The van der Waals surface area contributed by atoms with E-state index < -0.39 is 17.9 Å². The van der Waals surface area contributed by atoms with Crippen LogP contribution in [0.2, 0.25) is 0 Å². The highest BCUT2D eigenvalue weighted by Gasteiger charge is 2.19. The van der Waals surface area contributed by atoms with Crippen LogP contribution in [0.25, 0.3) is 0 Å². The Morgan fingerprint density at radius 1 is 0.952 bits per heavy atom. The van der Waals surface area contributed by atoms with Gasteiger partial charge in [-0.1, -0.05) is 42.5 Å². The van der Waals surface area contributed by atoms with Gasteiger partial charge >= 0.3 is 5.97 Å². The van der Waals surface area contributed by atoms with Gasteiger partial charge in [0.2, 0.25) is 0 Å². The van der Waals surface area contributed by atoms with Crippen molar-refractivity contribution in [2.75, 3.05) is 6.61 Å². The number of aromatic carboxylic acids is 1. The Balaban J connectivity index is 2.23. The SMILES string of the molecule is O=C(O)c1ccccc1C(=O)N[C@H](CO)c1ccccc1. The molecule has 5 nitrogen and oxygen atoms in total. The molecule has 3 N–H and O–H groups in total. The second-order valence-corrected chi connectivity index (χ2v) is 4.47. The molecule has 108 valence electrons. The number of amides is 1. The van der Waals surface area contributed by atoms with Gasteiger partial charge in [-0.15, -0.1) is 0 Å². The third-order valence-electron chi connectivity index (χ3n) is 3.09. The van der Waals surface area contributed by atoms with Crippen molar-refractivity contribution in [3.63, 3.8) is 0 Å². The smallest absolute Gasteiger partial charge is 0.336 e. The summed E-state index contributed by atoms with van der Waals surface area (Å²) in [6, 6.07) is 14.4. The normalized spacial score (nSPS) is 11.7. The Morgan fingerprint density at radius 2 is 1.52 bits per heavy atom. The van der Waals surface area contributed by atoms with Crippen LogP contribution < -0.4 is 5.32 Å². The number of carbonyl (C=O) groups excluding carboxylic acids is 1. The fourth-order valence-corrected chi connectivity index (χ4v) is 2.02. The van der Waals surface area contributed by atoms with Crippen LogP contribution in [-0.4, -0.2) is 28.7 Å². The van der Waals surface area contributed by atoms with Crippen molar-refractivity contribution in [2.24, 2.45) is 0 Å². The summed E-state index contributed by atoms with van der Waals surface area (Å²) in [6.45, 7) is -0.273. The summed E-state index contributed by atoms with van der Waals surface area (Å²) >= 11 is 0. The van der Waals surface area contributed by atoms with E-state index in [2.05, 4.69) is 5.32 Å². The van der Waals surface area contributed by atoms with E-state index in [1.807, 2.05) is 6.07 Å². The molecule has 0 aromatic heterocycles. The highest BCUT2D eigenvalue weighted by Crippen LogP contribution is 2.14. The second kappa shape index (κ2) is 6.67. The number of carboxylic acids is 1. The molecular formula is C16H15NO4. The number of nitrogens with one attached hydrogen (secondary N) is 1. The molecule has 0 aliphatic carbocycles. The maximum absolute atomic E-state index is 12.2. The molecule has 0 saturated heterocycles. The van der Waals surface area contributed by atoms with Crippen molar-refractivity contribution in [3.8, 4) is 0 Å². The second-order valence-electron chi connectivity index (χ2n) is 4.47. The molecule has 0 radical (unpaired) electrons. The van der Waals surface area contributed by atoms with Gasteiger partial charge in [-0.3, -0.25) is 4.79 Å². The number of hydrogen-bond donors (Lipinski definition) is 3. The van der Waals surface area contributed by atoms with E-state index in [4.69, 9.17) is 5.11 Å². The summed E-state index contributed by atoms with van der Waals surface area (Å²) in [5.74, 6) is -1.70. The Labute approximate surface area is 121 Å². The summed E-state index contributed by atoms with van der Waals surface area (Å²) < 4.78 is 0. The maximum atomic E-state index is 12.2. The molecule has 0 spiro atoms. The summed E-state index contributed by atoms with van der Waals surface area (Å²) in [4.78, 5) is 23.3. The largest absolute Gasteiger partial charge is 0.478 e. The number of carbonyl (C=O) groups is 2. The average molecular weight is 285 g/mol. The van der Waals surface area contributed by atoms with Crippen LogP contribution in [0.15, 0.2) is 54.6 Å². The van der Waals surface area contributed by atoms with Crippen LogP contribution in [-0.2, 0) is 0 Å². The lowest BCUT2D eigenvalue weighted by Crippen LogP contribution is -2.31. The molecule has 0 bridgehead atoms. The van der Waals surface area contributed by atoms with E-state index in [0.717, 1.165) is 5.56 Å². The minimum absolute atomic E-state index is 0.0689. The monoisotopic (exact) mass is 285 g/mol. The molecule has 0 aliphatic rings. The predicted molar refractivity (Wildman–Crippen MR) is 77.1 cm³/mol. The van der Waals surface area contributed by atoms with E-state index in [1.165, 1.54) is 12.1 Å². The highest BCUT2D eigenvalue weighted by atomic mass is 16.4. The van der Waals surface area contributed by atoms with E-state index in [-0.39, 0.29) is 17.7 Å². The Morgan fingerprint density at radius 3 is 2.10 bits per heavy atom. The van der Waals surface area contributed by atoms with E-state index in [9.17, 15) is 14.7 Å². The molecule has 0 fully saturated rings. The van der Waals surface area contributed by atoms with Crippen LogP contribution in [0.4, 0.5) is 0 Å². The zero-order chi connectivity index (χ0) is 15.2. The standard InChI is InChI=1S/C16H15NO4/c18-10-14(11-6-2-1-3-7-11)17-15(19)12-8-4-5-9-13(12)16(20)21/h1-9,14,18H,10H2,(H,17,19)(H,20,21)/t14-/m1/s1. The average Bonchev–Trinajstić information content (AvgIpc) is 2.53. The molecule has 21 heavy (non-hydrogen) atoms. The molecule has 0 unspecified atom stereocenters. The van der Waals surface area contributed by atoms with Crippen molar-refractivity contribution in [3.05, 3.63) is 71.3 Å². The molecule has 1 amide bonds. The summed E-state index contributed by atoms with van der Waals surface area (Å²) in [5, 5.41) is 21.2. The highest BCUT2D eigenvalue weighted by molar-refractivity contribution is 6.04. The summed E-state index contributed by atoms with van der Waals surface area (Å²) in [7, 11) is 0. The van der Waals surface area contributed by atoms with Crippen molar-refractivity contribution in [1.82, 2.24) is 5.32 Å². The first-order valence-electron chi connectivity index (χ1n) is 6.42. The maximum Gasteiger partial charge on any atom is 0.336 e. The number of aliphatic hydroxyl groups is 1. The lowest BCUT2D eigenvalue weighted by Gasteiger charge is -2.17. The Bertz CT molecular complexity index is 640. The minimum Gasteiger partial charge on any atom is -0.478 e. The number of carboxylic acid groups (broad SMARTS) is 1. The molecule has 0 saturated carbocycles. The van der Waals surface area contributed by atoms with E-state index in [1.54, 1.807) is 36.4 Å². The minimum atomic E-state index is -1.17. The van der Waals surface area contributed by atoms with Crippen LogP contribution in [0.5, 0.6) is 0 Å². The van der Waals surface area contributed by atoms with Gasteiger partial charge in [0.1, 0.15) is 0 Å². The molecule has 2 rings (SSSR count). The molecule has 0 heterocycles. The van der Waals surface area contributed by atoms with Crippen LogP contribution >= 0.6 is 0 Å². The fraction of sp³-hybridized carbons (Fsp3) is 0.125. The van der Waals surface area contributed by atoms with Gasteiger partial charge in [0.05, 0.1) is 23.8 Å². The topological polar surface area (TPSA) is 86.6 Å². The van der Waals surface area contributed by atoms with Gasteiger partial charge in [-0.25, -0.2) is 4.79 Å². The molecule has 2 aromatic rings. The third-order valence-corrected chi connectivity index (χ3v) is 3.09. The number of aliphatic hydroxyl groups excluding tert-OH is 1. The first-order valence-corrected chi connectivity index (χ1v) is 6.42. The Hall–Kier alpha value is -2.66. The first-order chi connectivity index (χ1) is 10.1. The van der Waals surface area contributed by atoms with Crippen molar-refractivity contribution >= 4 is 11.9 Å². The third kappa shape index (κ3) is 3.46. The van der Waals surface area contributed by atoms with E-state index in [0.29, 0.717) is 0 Å². The Kier molecular flexibility index (Phi) is 4.68. The number of benzene rings is 2. The fourth-order valence-electron chi connectivity index (χ4n) is 2.02. The van der Waals surface area contributed by atoms with Gasteiger partial charge in [0, 0.05) is 0 Å². The van der Waals surface area contributed by atoms with Crippen LogP contribution in [0.3, 0.4) is 0 Å². The molecule has 5 heteroatoms. The van der Waals surface area contributed by atoms with Gasteiger partial charge < -0.3 is 15.5 Å². The van der Waals surface area contributed by atoms with Gasteiger partial charge in [0.15, 0.2) is 0 Å². The van der Waals surface area contributed by atoms with E-state index >= 15 is 0 Å². The summed E-state index contributed by atoms with van der Waals surface area (Å²) in [6.07, 6.45) is 0. The number of hydrogen-bond acceptors (Lipinski definition) is 3. The molecule has 1 atom stereocenters. The zero-order valence-corrected chi connectivity index (χ0v) is 11.2. The lowest BCUT2D eigenvalue weighted by molar-refractivity contribution is 0.0690. The molecular weight excluding hydrogens is 270 g/mol. The van der Waals surface area contributed by atoms with Gasteiger partial charge in [-0.2, -0.15) is 0 Å². The predicted octanol–water partition coefficient (Wildman–Crippen LogP) is 1.85. The number of rotatable bonds is 5. The van der Waals surface area contributed by atoms with Crippen molar-refractivity contribution in [1.29, 1.82) is 0 Å². The lowest BCUT2D eigenvalue weighted by atomic mass is 10.0.